The molecule has 0 saturated carbocycles. The largest absolute Gasteiger partial charge is 0.352 e. The number of amides is 2. The highest BCUT2D eigenvalue weighted by atomic mass is 32.2. The van der Waals surface area contributed by atoms with Crippen LogP contribution >= 0.6 is 0 Å². The lowest BCUT2D eigenvalue weighted by atomic mass is 10.1. The highest BCUT2D eigenvalue weighted by Gasteiger charge is 2.30. The van der Waals surface area contributed by atoms with Crippen molar-refractivity contribution in [2.24, 2.45) is 0 Å². The third-order valence-corrected chi connectivity index (χ3v) is 7.13. The molecule has 2 amide bonds. The summed E-state index contributed by atoms with van der Waals surface area (Å²) >= 11 is 0. The van der Waals surface area contributed by atoms with Crippen molar-refractivity contribution in [3.05, 3.63) is 65.2 Å². The summed E-state index contributed by atoms with van der Waals surface area (Å²) in [6, 6.07) is 12.8. The van der Waals surface area contributed by atoms with E-state index in [-0.39, 0.29) is 30.0 Å². The number of nitrogens with one attached hydrogen (secondary N) is 1. The molecule has 0 aliphatic rings. The molecule has 0 aromatic heterocycles. The Labute approximate surface area is 208 Å². The van der Waals surface area contributed by atoms with Gasteiger partial charge in [0.25, 0.3) is 0 Å². The molecule has 2 rings (SSSR count). The van der Waals surface area contributed by atoms with Crippen LogP contribution in [0.1, 0.15) is 55.6 Å². The fourth-order valence-electron chi connectivity index (χ4n) is 3.51. The van der Waals surface area contributed by atoms with Crippen LogP contribution in [0.15, 0.2) is 48.5 Å². The predicted octanol–water partition coefficient (Wildman–Crippen LogP) is 3.30. The number of anilines is 1. The zero-order chi connectivity index (χ0) is 26.3. The van der Waals surface area contributed by atoms with E-state index < -0.39 is 28.5 Å². The SMILES string of the molecule is CCC(C)NC(=O)C(C)N(Cc1ccccc1C)C(=O)CN(c1cccc(C(C)=O)c1)S(C)(=O)=O. The van der Waals surface area contributed by atoms with Gasteiger partial charge in [0.05, 0.1) is 11.9 Å². The Morgan fingerprint density at radius 1 is 1.03 bits per heavy atom. The Morgan fingerprint density at radius 3 is 2.26 bits per heavy atom. The lowest BCUT2D eigenvalue weighted by Gasteiger charge is -2.32. The molecule has 0 spiro atoms. The lowest BCUT2D eigenvalue weighted by molar-refractivity contribution is -0.139. The number of rotatable bonds is 11. The molecule has 35 heavy (non-hydrogen) atoms. The third-order valence-electron chi connectivity index (χ3n) is 5.99. The van der Waals surface area contributed by atoms with Crippen molar-refractivity contribution < 1.29 is 22.8 Å². The van der Waals surface area contributed by atoms with Crippen molar-refractivity contribution in [2.45, 2.75) is 59.7 Å². The summed E-state index contributed by atoms with van der Waals surface area (Å²) in [6.07, 6.45) is 1.74. The maximum absolute atomic E-state index is 13.6. The lowest BCUT2D eigenvalue weighted by Crippen LogP contribution is -2.52. The number of carbonyl (C=O) groups excluding carboxylic acids is 3. The van der Waals surface area contributed by atoms with Crippen LogP contribution in [0.4, 0.5) is 5.69 Å². The molecule has 2 atom stereocenters. The van der Waals surface area contributed by atoms with E-state index in [0.717, 1.165) is 28.1 Å². The number of ketones is 1. The van der Waals surface area contributed by atoms with Crippen LogP contribution < -0.4 is 9.62 Å². The number of sulfonamides is 1. The highest BCUT2D eigenvalue weighted by Crippen LogP contribution is 2.21. The van der Waals surface area contributed by atoms with E-state index >= 15 is 0 Å². The standard InChI is InChI=1S/C26H35N3O5S/c1-7-19(3)27-26(32)20(4)28(16-23-12-9-8-11-18(23)2)25(31)17-29(35(6,33)34)24-14-10-13-22(15-24)21(5)30/h8-15,19-20H,7,16-17H2,1-6H3,(H,27,32). The minimum absolute atomic E-state index is 0.0674. The van der Waals surface area contributed by atoms with E-state index in [0.29, 0.717) is 5.56 Å². The average molecular weight is 502 g/mol. The molecule has 2 aromatic carbocycles. The minimum Gasteiger partial charge on any atom is -0.352 e. The van der Waals surface area contributed by atoms with Gasteiger partial charge in [-0.25, -0.2) is 8.42 Å². The molecule has 8 nitrogen and oxygen atoms in total. The number of Topliss-reactive ketones (excluding diaryl/α,β-unsaturated/α-hetero) is 1. The zero-order valence-electron chi connectivity index (χ0n) is 21.2. The summed E-state index contributed by atoms with van der Waals surface area (Å²) < 4.78 is 26.3. The molecule has 1 N–H and O–H groups in total. The quantitative estimate of drug-likeness (QED) is 0.476. The number of aryl methyl sites for hydroxylation is 1. The fourth-order valence-corrected chi connectivity index (χ4v) is 4.35. The molecule has 0 saturated heterocycles. The van der Waals surface area contributed by atoms with Gasteiger partial charge in [0.2, 0.25) is 21.8 Å². The summed E-state index contributed by atoms with van der Waals surface area (Å²) in [4.78, 5) is 39.7. The van der Waals surface area contributed by atoms with Gasteiger partial charge in [-0.15, -0.1) is 0 Å². The molecule has 2 aromatic rings. The van der Waals surface area contributed by atoms with Gasteiger partial charge in [-0.05, 0) is 57.4 Å². The molecular weight excluding hydrogens is 466 g/mol. The Hall–Kier alpha value is -3.20. The van der Waals surface area contributed by atoms with E-state index in [1.165, 1.54) is 24.0 Å². The molecule has 0 bridgehead atoms. The summed E-state index contributed by atoms with van der Waals surface area (Å²) in [5, 5.41) is 2.90. The van der Waals surface area contributed by atoms with Crippen molar-refractivity contribution in [1.29, 1.82) is 0 Å². The first-order valence-corrected chi connectivity index (χ1v) is 13.4. The zero-order valence-corrected chi connectivity index (χ0v) is 22.1. The Bertz CT molecular complexity index is 1180. The monoisotopic (exact) mass is 501 g/mol. The number of hydrogen-bond acceptors (Lipinski definition) is 5. The van der Waals surface area contributed by atoms with E-state index in [1.54, 1.807) is 19.1 Å². The molecular formula is C26H35N3O5S. The van der Waals surface area contributed by atoms with Crippen molar-refractivity contribution in [3.63, 3.8) is 0 Å². The first-order valence-electron chi connectivity index (χ1n) is 11.6. The van der Waals surface area contributed by atoms with Crippen molar-refractivity contribution in [1.82, 2.24) is 10.2 Å². The van der Waals surface area contributed by atoms with Crippen molar-refractivity contribution in [3.8, 4) is 0 Å². The molecule has 0 radical (unpaired) electrons. The van der Waals surface area contributed by atoms with Gasteiger partial charge in [0, 0.05) is 18.2 Å². The molecule has 0 heterocycles. The third kappa shape index (κ3) is 7.65. The van der Waals surface area contributed by atoms with Crippen LogP contribution in [0.2, 0.25) is 0 Å². The van der Waals surface area contributed by atoms with Crippen LogP contribution in [0.25, 0.3) is 0 Å². The minimum atomic E-state index is -3.86. The van der Waals surface area contributed by atoms with Crippen LogP contribution in [-0.4, -0.2) is 55.8 Å². The maximum atomic E-state index is 13.6. The summed E-state index contributed by atoms with van der Waals surface area (Å²) in [6.45, 7) is 8.40. The van der Waals surface area contributed by atoms with Gasteiger partial charge in [0.1, 0.15) is 12.6 Å². The van der Waals surface area contributed by atoms with Gasteiger partial charge in [-0.2, -0.15) is 0 Å². The van der Waals surface area contributed by atoms with E-state index in [1.807, 2.05) is 45.0 Å². The van der Waals surface area contributed by atoms with E-state index in [4.69, 9.17) is 0 Å². The number of benzene rings is 2. The summed E-state index contributed by atoms with van der Waals surface area (Å²) in [7, 11) is -3.86. The van der Waals surface area contributed by atoms with Gasteiger partial charge < -0.3 is 10.2 Å². The van der Waals surface area contributed by atoms with Gasteiger partial charge in [-0.1, -0.05) is 43.3 Å². The molecule has 0 fully saturated rings. The second-order valence-corrected chi connectivity index (χ2v) is 10.7. The predicted molar refractivity (Wildman–Crippen MR) is 138 cm³/mol. The van der Waals surface area contributed by atoms with Crippen LogP contribution in [0.3, 0.4) is 0 Å². The second kappa shape index (κ2) is 12.0. The van der Waals surface area contributed by atoms with Gasteiger partial charge in [-0.3, -0.25) is 18.7 Å². The first kappa shape index (κ1) is 28.0. The molecule has 0 aliphatic heterocycles. The second-order valence-electron chi connectivity index (χ2n) is 8.82. The number of hydrogen-bond donors (Lipinski definition) is 1. The van der Waals surface area contributed by atoms with Crippen molar-refractivity contribution >= 4 is 33.3 Å². The molecule has 2 unspecified atom stereocenters. The topological polar surface area (TPSA) is 104 Å². The normalized spacial score (nSPS) is 13.0. The highest BCUT2D eigenvalue weighted by molar-refractivity contribution is 7.92. The van der Waals surface area contributed by atoms with Gasteiger partial charge in [0.15, 0.2) is 5.78 Å². The number of carbonyl (C=O) groups is 3. The molecule has 0 aliphatic carbocycles. The first-order chi connectivity index (χ1) is 16.3. The van der Waals surface area contributed by atoms with Crippen LogP contribution in [0, 0.1) is 6.92 Å². The van der Waals surface area contributed by atoms with Crippen LogP contribution in [-0.2, 0) is 26.2 Å². The summed E-state index contributed by atoms with van der Waals surface area (Å²) in [5.74, 6) is -1.06. The molecule has 9 heteroatoms. The molecule has 190 valence electrons. The van der Waals surface area contributed by atoms with Crippen LogP contribution in [0.5, 0.6) is 0 Å². The Kier molecular flexibility index (Phi) is 9.59. The average Bonchev–Trinajstić information content (AvgIpc) is 2.80. The smallest absolute Gasteiger partial charge is 0.244 e. The Morgan fingerprint density at radius 2 is 1.69 bits per heavy atom. The van der Waals surface area contributed by atoms with Gasteiger partial charge >= 0.3 is 0 Å². The Balaban J connectivity index is 2.44. The van der Waals surface area contributed by atoms with Crippen molar-refractivity contribution in [2.75, 3.05) is 17.1 Å². The summed E-state index contributed by atoms with van der Waals surface area (Å²) in [5.41, 5.74) is 2.35. The van der Waals surface area contributed by atoms with E-state index in [9.17, 15) is 22.8 Å². The maximum Gasteiger partial charge on any atom is 0.244 e. The number of nitrogens with zero attached hydrogens (tertiary/aromatic N) is 2. The van der Waals surface area contributed by atoms with E-state index in [2.05, 4.69) is 5.32 Å². The fraction of sp³-hybridized carbons (Fsp3) is 0.423.